The summed E-state index contributed by atoms with van der Waals surface area (Å²) in [6.45, 7) is 10.1. The molecule has 0 saturated carbocycles. The Balaban J connectivity index is 2.62. The summed E-state index contributed by atoms with van der Waals surface area (Å²) in [7, 11) is 1.50. The van der Waals surface area contributed by atoms with E-state index in [1.54, 1.807) is 0 Å². The van der Waals surface area contributed by atoms with Gasteiger partial charge < -0.3 is 10.6 Å². The molecule has 1 aliphatic rings. The van der Waals surface area contributed by atoms with Gasteiger partial charge >= 0.3 is 6.03 Å². The predicted molar refractivity (Wildman–Crippen MR) is 84.2 cm³/mol. The lowest BCUT2D eigenvalue weighted by Gasteiger charge is -2.40. The first-order valence-electron chi connectivity index (χ1n) is 7.78. The molecule has 1 saturated heterocycles. The van der Waals surface area contributed by atoms with Crippen molar-refractivity contribution in [2.75, 3.05) is 20.1 Å². The monoisotopic (exact) mass is 298 g/mol. The van der Waals surface area contributed by atoms with Gasteiger partial charge in [0.15, 0.2) is 0 Å². The Morgan fingerprint density at radius 1 is 1.29 bits per heavy atom. The minimum absolute atomic E-state index is 0.0662. The fourth-order valence-corrected chi connectivity index (χ4v) is 2.61. The van der Waals surface area contributed by atoms with Crippen molar-refractivity contribution in [1.29, 1.82) is 0 Å². The quantitative estimate of drug-likeness (QED) is 0.726. The van der Waals surface area contributed by atoms with Gasteiger partial charge in [0.1, 0.15) is 0 Å². The fourth-order valence-electron chi connectivity index (χ4n) is 2.61. The van der Waals surface area contributed by atoms with Crippen molar-refractivity contribution in [3.8, 4) is 0 Å². The van der Waals surface area contributed by atoms with E-state index in [0.29, 0.717) is 6.04 Å². The van der Waals surface area contributed by atoms with Gasteiger partial charge in [0.25, 0.3) is 0 Å². The lowest BCUT2D eigenvalue weighted by Crippen LogP contribution is -2.57. The second kappa shape index (κ2) is 7.75. The normalized spacial score (nSPS) is 21.7. The molecule has 3 amide bonds. The highest BCUT2D eigenvalue weighted by Gasteiger charge is 2.31. The third kappa shape index (κ3) is 6.01. The SMILES string of the molecule is CNC(=O)NC(=O)C(C)N1CCCCC1CNC(C)(C)C. The summed E-state index contributed by atoms with van der Waals surface area (Å²) in [5, 5.41) is 8.29. The zero-order chi connectivity index (χ0) is 16.0. The second-order valence-corrected chi connectivity index (χ2v) is 6.76. The maximum absolute atomic E-state index is 12.1. The standard InChI is InChI=1S/C15H30N4O2/c1-11(13(20)18-14(21)16-5)19-9-7-6-8-12(19)10-17-15(2,3)4/h11-12,17H,6-10H2,1-5H3,(H2,16,18,20,21). The number of carbonyl (C=O) groups excluding carboxylic acids is 2. The van der Waals surface area contributed by atoms with Gasteiger partial charge in [0, 0.05) is 25.2 Å². The molecule has 0 radical (unpaired) electrons. The van der Waals surface area contributed by atoms with Crippen molar-refractivity contribution in [1.82, 2.24) is 20.9 Å². The molecular formula is C15H30N4O2. The van der Waals surface area contributed by atoms with Crippen LogP contribution in [0.3, 0.4) is 0 Å². The van der Waals surface area contributed by atoms with Crippen molar-refractivity contribution in [3.63, 3.8) is 0 Å². The Morgan fingerprint density at radius 3 is 2.52 bits per heavy atom. The minimum Gasteiger partial charge on any atom is -0.341 e. The van der Waals surface area contributed by atoms with Crippen molar-refractivity contribution >= 4 is 11.9 Å². The van der Waals surface area contributed by atoms with E-state index < -0.39 is 6.03 Å². The smallest absolute Gasteiger partial charge is 0.321 e. The molecule has 0 aliphatic carbocycles. The van der Waals surface area contributed by atoms with Gasteiger partial charge in [-0.05, 0) is 47.1 Å². The zero-order valence-electron chi connectivity index (χ0n) is 14.0. The van der Waals surface area contributed by atoms with Gasteiger partial charge in [0.05, 0.1) is 6.04 Å². The van der Waals surface area contributed by atoms with Crippen LogP contribution in [0.1, 0.15) is 47.0 Å². The highest BCUT2D eigenvalue weighted by Crippen LogP contribution is 2.20. The van der Waals surface area contributed by atoms with E-state index in [1.165, 1.54) is 13.5 Å². The lowest BCUT2D eigenvalue weighted by atomic mass is 9.98. The molecule has 0 spiro atoms. The van der Waals surface area contributed by atoms with E-state index >= 15 is 0 Å². The lowest BCUT2D eigenvalue weighted by molar-refractivity contribution is -0.126. The van der Waals surface area contributed by atoms with E-state index in [2.05, 4.69) is 41.6 Å². The number of likely N-dealkylation sites (tertiary alicyclic amines) is 1. The number of hydrogen-bond donors (Lipinski definition) is 3. The van der Waals surface area contributed by atoms with Gasteiger partial charge in [-0.1, -0.05) is 6.42 Å². The number of nitrogens with one attached hydrogen (secondary N) is 3. The molecule has 1 aliphatic heterocycles. The van der Waals surface area contributed by atoms with Gasteiger partial charge in [-0.25, -0.2) is 4.79 Å². The molecule has 1 fully saturated rings. The van der Waals surface area contributed by atoms with Crippen LogP contribution in [0, 0.1) is 0 Å². The molecule has 2 atom stereocenters. The van der Waals surface area contributed by atoms with Gasteiger partial charge in [-0.3, -0.25) is 15.0 Å². The number of urea groups is 1. The molecule has 6 heteroatoms. The van der Waals surface area contributed by atoms with Crippen molar-refractivity contribution in [2.24, 2.45) is 0 Å². The van der Waals surface area contributed by atoms with E-state index in [1.807, 2.05) is 6.92 Å². The molecule has 0 aromatic carbocycles. The van der Waals surface area contributed by atoms with E-state index in [0.717, 1.165) is 25.9 Å². The third-order valence-electron chi connectivity index (χ3n) is 3.88. The van der Waals surface area contributed by atoms with Gasteiger partial charge in [-0.15, -0.1) is 0 Å². The van der Waals surface area contributed by atoms with Crippen molar-refractivity contribution in [3.05, 3.63) is 0 Å². The summed E-state index contributed by atoms with van der Waals surface area (Å²) in [6.07, 6.45) is 3.38. The summed E-state index contributed by atoms with van der Waals surface area (Å²) in [4.78, 5) is 25.6. The van der Waals surface area contributed by atoms with Crippen LogP contribution in [-0.4, -0.2) is 54.6 Å². The summed E-state index contributed by atoms with van der Waals surface area (Å²) in [5.74, 6) is -0.239. The summed E-state index contributed by atoms with van der Waals surface area (Å²) >= 11 is 0. The fraction of sp³-hybridized carbons (Fsp3) is 0.867. The molecule has 2 unspecified atom stereocenters. The van der Waals surface area contributed by atoms with Crippen LogP contribution in [0.4, 0.5) is 4.79 Å². The first kappa shape index (κ1) is 17.9. The predicted octanol–water partition coefficient (Wildman–Crippen LogP) is 1.07. The molecule has 1 rings (SSSR count). The number of carbonyl (C=O) groups is 2. The molecule has 0 bridgehead atoms. The first-order chi connectivity index (χ1) is 9.74. The van der Waals surface area contributed by atoms with Gasteiger partial charge in [-0.2, -0.15) is 0 Å². The second-order valence-electron chi connectivity index (χ2n) is 6.76. The van der Waals surface area contributed by atoms with E-state index in [9.17, 15) is 9.59 Å². The Labute approximate surface area is 128 Å². The zero-order valence-corrected chi connectivity index (χ0v) is 14.0. The van der Waals surface area contributed by atoms with Crippen LogP contribution >= 0.6 is 0 Å². The molecule has 0 aromatic rings. The highest BCUT2D eigenvalue weighted by molar-refractivity contribution is 5.96. The summed E-state index contributed by atoms with van der Waals surface area (Å²) in [5.41, 5.74) is 0.0662. The molecular weight excluding hydrogens is 268 g/mol. The van der Waals surface area contributed by atoms with E-state index in [-0.39, 0.29) is 17.5 Å². The third-order valence-corrected chi connectivity index (χ3v) is 3.88. The minimum atomic E-state index is -0.451. The molecule has 3 N–H and O–H groups in total. The maximum Gasteiger partial charge on any atom is 0.321 e. The Kier molecular flexibility index (Phi) is 6.61. The van der Waals surface area contributed by atoms with Crippen LogP contribution in [0.15, 0.2) is 0 Å². The largest absolute Gasteiger partial charge is 0.341 e. The van der Waals surface area contributed by atoms with Crippen molar-refractivity contribution in [2.45, 2.75) is 64.6 Å². The summed E-state index contributed by atoms with van der Waals surface area (Å²) in [6, 6.07) is -0.411. The Hall–Kier alpha value is -1.14. The summed E-state index contributed by atoms with van der Waals surface area (Å²) < 4.78 is 0. The van der Waals surface area contributed by atoms with Gasteiger partial charge in [0.2, 0.25) is 5.91 Å². The van der Waals surface area contributed by atoms with Crippen LogP contribution in [0.25, 0.3) is 0 Å². The van der Waals surface area contributed by atoms with Crippen molar-refractivity contribution < 1.29 is 9.59 Å². The number of piperidine rings is 1. The first-order valence-corrected chi connectivity index (χ1v) is 7.78. The topological polar surface area (TPSA) is 73.5 Å². The molecule has 21 heavy (non-hydrogen) atoms. The molecule has 0 aromatic heterocycles. The molecule has 6 nitrogen and oxygen atoms in total. The van der Waals surface area contributed by atoms with Crippen LogP contribution in [0.2, 0.25) is 0 Å². The molecule has 1 heterocycles. The maximum atomic E-state index is 12.1. The number of nitrogens with zero attached hydrogens (tertiary/aromatic N) is 1. The van der Waals surface area contributed by atoms with Crippen LogP contribution < -0.4 is 16.0 Å². The number of hydrogen-bond acceptors (Lipinski definition) is 4. The molecule has 122 valence electrons. The average molecular weight is 298 g/mol. The van der Waals surface area contributed by atoms with Crippen LogP contribution in [0.5, 0.6) is 0 Å². The number of amides is 3. The van der Waals surface area contributed by atoms with E-state index in [4.69, 9.17) is 0 Å². The number of imide groups is 1. The Bertz CT molecular complexity index is 365. The number of rotatable bonds is 4. The Morgan fingerprint density at radius 2 is 1.95 bits per heavy atom. The van der Waals surface area contributed by atoms with Crippen LogP contribution in [-0.2, 0) is 4.79 Å². The average Bonchev–Trinajstić information content (AvgIpc) is 2.43. The highest BCUT2D eigenvalue weighted by atomic mass is 16.2.